The standard InChI is InChI=1S/C23H18F3N5O/c24-15-6-3-13(4-7-15)20-28-19-21(32)29-23-27-18(12-1-2-12)11-31(23)22(19)30(20)10-14-5-8-16(25)9-17(14)26/h3-9,12,18H,1-2,10-11H2,(H,27,29,32)/t18-/m0/s1. The molecule has 1 aliphatic carbocycles. The summed E-state index contributed by atoms with van der Waals surface area (Å²) in [6.45, 7) is 0.635. The van der Waals surface area contributed by atoms with Crippen molar-refractivity contribution < 1.29 is 13.2 Å². The number of nitrogens with zero attached hydrogens (tertiary/aromatic N) is 4. The Bertz CT molecular complexity index is 1420. The molecular weight excluding hydrogens is 419 g/mol. The summed E-state index contributed by atoms with van der Waals surface area (Å²) in [6, 6.07) is 9.29. The number of hydrogen-bond acceptors (Lipinski definition) is 4. The third-order valence-electron chi connectivity index (χ3n) is 6.19. The van der Waals surface area contributed by atoms with E-state index >= 15 is 0 Å². The lowest BCUT2D eigenvalue weighted by Gasteiger charge is -2.13. The molecule has 9 heteroatoms. The number of aromatic nitrogens is 4. The van der Waals surface area contributed by atoms with Crippen LogP contribution in [0.4, 0.5) is 19.1 Å². The Balaban J connectivity index is 1.59. The van der Waals surface area contributed by atoms with E-state index in [4.69, 9.17) is 0 Å². The highest BCUT2D eigenvalue weighted by Gasteiger charge is 2.37. The van der Waals surface area contributed by atoms with Crippen LogP contribution < -0.4 is 10.9 Å². The van der Waals surface area contributed by atoms with Crippen molar-refractivity contribution in [2.45, 2.75) is 32.0 Å². The van der Waals surface area contributed by atoms with Gasteiger partial charge in [-0.25, -0.2) is 18.2 Å². The highest BCUT2D eigenvalue weighted by atomic mass is 19.1. The first-order valence-electron chi connectivity index (χ1n) is 10.5. The van der Waals surface area contributed by atoms with Gasteiger partial charge in [0.2, 0.25) is 5.95 Å². The summed E-state index contributed by atoms with van der Waals surface area (Å²) in [5, 5.41) is 3.33. The van der Waals surface area contributed by atoms with E-state index in [1.54, 1.807) is 16.7 Å². The third kappa shape index (κ3) is 3.07. The van der Waals surface area contributed by atoms with Gasteiger partial charge in [0.15, 0.2) is 5.52 Å². The van der Waals surface area contributed by atoms with Crippen LogP contribution >= 0.6 is 0 Å². The lowest BCUT2D eigenvalue weighted by molar-refractivity contribution is 0.564. The monoisotopic (exact) mass is 437 g/mol. The van der Waals surface area contributed by atoms with Gasteiger partial charge in [0.05, 0.1) is 6.54 Å². The van der Waals surface area contributed by atoms with E-state index in [0.29, 0.717) is 35.4 Å². The molecule has 2 aromatic heterocycles. The zero-order valence-corrected chi connectivity index (χ0v) is 16.9. The van der Waals surface area contributed by atoms with Gasteiger partial charge in [0, 0.05) is 29.8 Å². The first kappa shape index (κ1) is 19.1. The van der Waals surface area contributed by atoms with E-state index in [1.807, 2.05) is 4.57 Å². The van der Waals surface area contributed by atoms with Gasteiger partial charge in [0.1, 0.15) is 28.9 Å². The summed E-state index contributed by atoms with van der Waals surface area (Å²) in [6.07, 6.45) is 2.25. The third-order valence-corrected chi connectivity index (χ3v) is 6.19. The molecule has 1 N–H and O–H groups in total. The topological polar surface area (TPSA) is 64.7 Å². The van der Waals surface area contributed by atoms with Crippen molar-refractivity contribution in [3.8, 4) is 11.4 Å². The molecule has 6 nitrogen and oxygen atoms in total. The average Bonchev–Trinajstić information content (AvgIpc) is 3.42. The molecule has 1 fully saturated rings. The highest BCUT2D eigenvalue weighted by molar-refractivity contribution is 5.79. The number of imidazole rings is 1. The fraction of sp³-hybridized carbons (Fsp3) is 0.261. The van der Waals surface area contributed by atoms with Gasteiger partial charge in [-0.15, -0.1) is 0 Å². The van der Waals surface area contributed by atoms with Gasteiger partial charge in [0.25, 0.3) is 0 Å². The number of benzene rings is 2. The summed E-state index contributed by atoms with van der Waals surface area (Å²) >= 11 is 0. The molecule has 32 heavy (non-hydrogen) atoms. The molecule has 0 spiro atoms. The summed E-state index contributed by atoms with van der Waals surface area (Å²) in [4.78, 5) is 21.5. The summed E-state index contributed by atoms with van der Waals surface area (Å²) in [7, 11) is 0. The van der Waals surface area contributed by atoms with Crippen molar-refractivity contribution in [2.24, 2.45) is 5.92 Å². The molecule has 1 saturated carbocycles. The average molecular weight is 437 g/mol. The molecule has 1 aliphatic heterocycles. The Morgan fingerprint density at radius 3 is 2.47 bits per heavy atom. The molecule has 0 bridgehead atoms. The van der Waals surface area contributed by atoms with Crippen LogP contribution in [0.15, 0.2) is 47.3 Å². The Kier molecular flexibility index (Phi) is 4.14. The quantitative estimate of drug-likeness (QED) is 0.526. The minimum Gasteiger partial charge on any atom is -0.351 e. The number of halogens is 3. The molecule has 3 heterocycles. The Hall–Kier alpha value is -3.62. The predicted molar refractivity (Wildman–Crippen MR) is 113 cm³/mol. The van der Waals surface area contributed by atoms with E-state index in [0.717, 1.165) is 18.9 Å². The van der Waals surface area contributed by atoms with E-state index < -0.39 is 23.0 Å². The van der Waals surface area contributed by atoms with Crippen molar-refractivity contribution in [1.82, 2.24) is 19.1 Å². The van der Waals surface area contributed by atoms with E-state index in [1.165, 1.54) is 24.3 Å². The van der Waals surface area contributed by atoms with Crippen LogP contribution in [-0.4, -0.2) is 25.1 Å². The van der Waals surface area contributed by atoms with Crippen LogP contribution in [0.5, 0.6) is 0 Å². The molecule has 0 amide bonds. The van der Waals surface area contributed by atoms with E-state index in [-0.39, 0.29) is 23.7 Å². The van der Waals surface area contributed by atoms with Gasteiger partial charge in [-0.3, -0.25) is 9.36 Å². The van der Waals surface area contributed by atoms with Crippen LogP contribution in [-0.2, 0) is 13.1 Å². The largest absolute Gasteiger partial charge is 0.351 e. The highest BCUT2D eigenvalue weighted by Crippen LogP contribution is 2.38. The predicted octanol–water partition coefficient (Wildman–Crippen LogP) is 3.93. The second-order valence-corrected chi connectivity index (χ2v) is 8.38. The van der Waals surface area contributed by atoms with Crippen molar-refractivity contribution >= 4 is 17.1 Å². The van der Waals surface area contributed by atoms with Crippen molar-refractivity contribution in [2.75, 3.05) is 5.32 Å². The number of rotatable bonds is 4. The summed E-state index contributed by atoms with van der Waals surface area (Å²) in [5.41, 5.74) is 1.00. The van der Waals surface area contributed by atoms with Crippen LogP contribution in [0.3, 0.4) is 0 Å². The summed E-state index contributed by atoms with van der Waals surface area (Å²) in [5.74, 6) is -0.380. The maximum atomic E-state index is 14.5. The lowest BCUT2D eigenvalue weighted by atomic mass is 10.1. The molecule has 1 atom stereocenters. The number of anilines is 1. The maximum Gasteiger partial charge on any atom is 0.302 e. The molecular formula is C23H18F3N5O. The lowest BCUT2D eigenvalue weighted by Crippen LogP contribution is -2.18. The zero-order valence-electron chi connectivity index (χ0n) is 16.9. The van der Waals surface area contributed by atoms with Crippen molar-refractivity contribution in [1.29, 1.82) is 0 Å². The fourth-order valence-electron chi connectivity index (χ4n) is 4.42. The van der Waals surface area contributed by atoms with Gasteiger partial charge < -0.3 is 9.88 Å². The molecule has 0 unspecified atom stereocenters. The number of fused-ring (bicyclic) bond motifs is 3. The second kappa shape index (κ2) is 6.94. The van der Waals surface area contributed by atoms with Crippen LogP contribution in [0.25, 0.3) is 22.6 Å². The second-order valence-electron chi connectivity index (χ2n) is 8.38. The van der Waals surface area contributed by atoms with Crippen LogP contribution in [0.1, 0.15) is 18.4 Å². The Labute approximate surface area is 180 Å². The van der Waals surface area contributed by atoms with Crippen molar-refractivity contribution in [3.63, 3.8) is 0 Å². The number of hydrogen-bond donors (Lipinski definition) is 1. The molecule has 2 aliphatic rings. The smallest absolute Gasteiger partial charge is 0.302 e. The fourth-order valence-corrected chi connectivity index (χ4v) is 4.42. The van der Waals surface area contributed by atoms with Gasteiger partial charge in [-0.2, -0.15) is 4.98 Å². The van der Waals surface area contributed by atoms with E-state index in [9.17, 15) is 18.0 Å². The maximum absolute atomic E-state index is 14.5. The SMILES string of the molecule is O=c1nc2n(c3c1nc(-c1ccc(F)cc1)n3Cc1ccc(F)cc1F)C[C@@H](C1CC1)N2. The first-order chi connectivity index (χ1) is 15.5. The zero-order chi connectivity index (χ0) is 22.0. The normalized spacial score (nSPS) is 17.5. The Morgan fingerprint density at radius 1 is 1.00 bits per heavy atom. The molecule has 6 rings (SSSR count). The summed E-state index contributed by atoms with van der Waals surface area (Å²) < 4.78 is 45.2. The first-order valence-corrected chi connectivity index (χ1v) is 10.5. The van der Waals surface area contributed by atoms with Crippen LogP contribution in [0.2, 0.25) is 0 Å². The van der Waals surface area contributed by atoms with Gasteiger partial charge in [-0.1, -0.05) is 6.07 Å². The van der Waals surface area contributed by atoms with Gasteiger partial charge in [-0.05, 0) is 49.1 Å². The molecule has 0 radical (unpaired) electrons. The van der Waals surface area contributed by atoms with Gasteiger partial charge >= 0.3 is 5.56 Å². The minimum atomic E-state index is -0.691. The Morgan fingerprint density at radius 2 is 1.75 bits per heavy atom. The van der Waals surface area contributed by atoms with Crippen LogP contribution in [0, 0.1) is 23.4 Å². The van der Waals surface area contributed by atoms with Crippen molar-refractivity contribution in [3.05, 3.63) is 75.8 Å². The molecule has 2 aromatic carbocycles. The molecule has 0 saturated heterocycles. The number of nitrogens with one attached hydrogen (secondary N) is 1. The molecule has 162 valence electrons. The minimum absolute atomic E-state index is 0.0202. The van der Waals surface area contributed by atoms with E-state index in [2.05, 4.69) is 15.3 Å². The molecule has 4 aromatic rings.